The van der Waals surface area contributed by atoms with Gasteiger partial charge >= 0.3 is 0 Å². The van der Waals surface area contributed by atoms with Crippen LogP contribution in [0.25, 0.3) is 11.2 Å². The van der Waals surface area contributed by atoms with E-state index >= 15 is 0 Å². The lowest BCUT2D eigenvalue weighted by Crippen LogP contribution is -2.63. The second-order valence-corrected chi connectivity index (χ2v) is 7.13. The summed E-state index contributed by atoms with van der Waals surface area (Å²) in [5, 5.41) is 42.4. The number of aliphatic hydroxyl groups excluding tert-OH is 1. The maximum absolute atomic E-state index is 11.2. The van der Waals surface area contributed by atoms with E-state index < -0.39 is 29.1 Å². The maximum atomic E-state index is 11.2. The Balaban J connectivity index is 2.26. The number of hydrogen-bond acceptors (Lipinski definition) is 9. The van der Waals surface area contributed by atoms with Gasteiger partial charge in [0.2, 0.25) is 0 Å². The van der Waals surface area contributed by atoms with Gasteiger partial charge in [0.1, 0.15) is 23.1 Å². The van der Waals surface area contributed by atoms with Gasteiger partial charge in [0, 0.05) is 7.05 Å². The molecule has 0 aliphatic carbocycles. The van der Waals surface area contributed by atoms with Crippen LogP contribution in [0.4, 0.5) is 5.82 Å². The molecule has 1 aliphatic heterocycles. The fraction of sp³-hybridized carbons (Fsp3) is 0.667. The van der Waals surface area contributed by atoms with Gasteiger partial charge < -0.3 is 20.1 Å². The van der Waals surface area contributed by atoms with Crippen molar-refractivity contribution in [3.05, 3.63) is 12.7 Å². The van der Waals surface area contributed by atoms with Crippen molar-refractivity contribution in [2.75, 3.05) is 18.7 Å². The molecule has 1 saturated heterocycles. The molecule has 3 heterocycles. The molecule has 1 fully saturated rings. The number of rotatable bonds is 3. The van der Waals surface area contributed by atoms with Crippen LogP contribution in [0, 0.1) is 0 Å². The predicted molar refractivity (Wildman–Crippen MR) is 87.0 cm³/mol. The van der Waals surface area contributed by atoms with Crippen LogP contribution in [-0.2, 0) is 10.5 Å². The predicted octanol–water partition coefficient (Wildman–Crippen LogP) is -0.392. The molecule has 2 aromatic heterocycles. The lowest BCUT2D eigenvalue weighted by Gasteiger charge is -2.42. The van der Waals surface area contributed by atoms with Crippen LogP contribution in [0.2, 0.25) is 0 Å². The molecule has 1 aliphatic rings. The molecule has 0 spiro atoms. The van der Waals surface area contributed by atoms with Gasteiger partial charge in [-0.3, -0.25) is 9.77 Å². The molecule has 10 nitrogen and oxygen atoms in total. The number of nitrogens with zero attached hydrogens (tertiary/aromatic N) is 5. The number of aliphatic hydroxyl groups is 3. The summed E-state index contributed by atoms with van der Waals surface area (Å²) >= 11 is 0. The summed E-state index contributed by atoms with van der Waals surface area (Å²) in [5.41, 5.74) is -5.91. The molecule has 10 heteroatoms. The van der Waals surface area contributed by atoms with E-state index in [1.54, 1.807) is 6.92 Å². The van der Waals surface area contributed by atoms with Crippen molar-refractivity contribution in [1.29, 1.82) is 0 Å². The quantitative estimate of drug-likeness (QED) is 0.543. The van der Waals surface area contributed by atoms with Gasteiger partial charge in [0.15, 0.2) is 22.7 Å². The first-order chi connectivity index (χ1) is 11.4. The first-order valence-electron chi connectivity index (χ1n) is 7.80. The highest BCUT2D eigenvalue weighted by atomic mass is 16.6. The summed E-state index contributed by atoms with van der Waals surface area (Å²) < 4.78 is 7.47. The number of fused-ring (bicyclic) bond motifs is 1. The minimum absolute atomic E-state index is 0.182. The van der Waals surface area contributed by atoms with E-state index in [-0.39, 0.29) is 5.82 Å². The Bertz CT molecular complexity index is 820. The molecule has 0 saturated carbocycles. The third kappa shape index (κ3) is 1.99. The molecular formula is C15H23N5O5. The van der Waals surface area contributed by atoms with Gasteiger partial charge in [-0.15, -0.1) is 0 Å². The normalized spacial score (nSPS) is 38.4. The average molecular weight is 353 g/mol. The minimum Gasteiger partial charge on any atom is -0.393 e. The Kier molecular flexibility index (Phi) is 3.65. The van der Waals surface area contributed by atoms with Crippen LogP contribution in [-0.4, -0.2) is 70.5 Å². The molecule has 25 heavy (non-hydrogen) atoms. The molecule has 2 aromatic rings. The largest absolute Gasteiger partial charge is 0.393 e. The Hall–Kier alpha value is -1.85. The zero-order chi connectivity index (χ0) is 18.8. The Labute approximate surface area is 144 Å². The van der Waals surface area contributed by atoms with Crippen LogP contribution < -0.4 is 5.06 Å². The number of aromatic nitrogens is 4. The number of ether oxygens (including phenoxy) is 1. The van der Waals surface area contributed by atoms with Crippen LogP contribution in [0.1, 0.15) is 27.7 Å². The van der Waals surface area contributed by atoms with Gasteiger partial charge in [-0.25, -0.2) is 20.0 Å². The van der Waals surface area contributed by atoms with Crippen molar-refractivity contribution in [2.24, 2.45) is 0 Å². The van der Waals surface area contributed by atoms with Crippen molar-refractivity contribution in [2.45, 2.75) is 50.2 Å². The van der Waals surface area contributed by atoms with E-state index in [9.17, 15) is 20.5 Å². The molecule has 4 N–H and O–H groups in total. The maximum Gasteiger partial charge on any atom is 0.183 e. The van der Waals surface area contributed by atoms with E-state index in [2.05, 4.69) is 15.0 Å². The van der Waals surface area contributed by atoms with Crippen LogP contribution in [0.5, 0.6) is 0 Å². The highest BCUT2D eigenvalue weighted by Crippen LogP contribution is 2.54. The van der Waals surface area contributed by atoms with Crippen molar-refractivity contribution >= 4 is 17.0 Å². The van der Waals surface area contributed by atoms with Gasteiger partial charge in [0.05, 0.1) is 12.9 Å². The van der Waals surface area contributed by atoms with Crippen molar-refractivity contribution in [3.8, 4) is 0 Å². The Morgan fingerprint density at radius 1 is 1.12 bits per heavy atom. The number of anilines is 1. The number of hydroxylamine groups is 1. The highest BCUT2D eigenvalue weighted by molar-refractivity contribution is 5.82. The minimum atomic E-state index is -1.80. The molecule has 0 aromatic carbocycles. The fourth-order valence-electron chi connectivity index (χ4n) is 3.45. The molecule has 138 valence electrons. The summed E-state index contributed by atoms with van der Waals surface area (Å²) in [7, 11) is 1.40. The first-order valence-corrected chi connectivity index (χ1v) is 7.80. The third-order valence-corrected chi connectivity index (χ3v) is 5.69. The van der Waals surface area contributed by atoms with Crippen molar-refractivity contribution in [3.63, 3.8) is 0 Å². The van der Waals surface area contributed by atoms with Crippen LogP contribution in [0.3, 0.4) is 0 Å². The summed E-state index contributed by atoms with van der Waals surface area (Å²) in [6.07, 6.45) is 2.64. The molecule has 4 atom stereocenters. The Morgan fingerprint density at radius 2 is 1.76 bits per heavy atom. The van der Waals surface area contributed by atoms with Crippen LogP contribution in [0.15, 0.2) is 12.7 Å². The molecule has 0 radical (unpaired) electrons. The second-order valence-electron chi connectivity index (χ2n) is 7.13. The van der Waals surface area contributed by atoms with Gasteiger partial charge in [-0.1, -0.05) is 0 Å². The zero-order valence-corrected chi connectivity index (χ0v) is 14.8. The van der Waals surface area contributed by atoms with E-state index in [0.29, 0.717) is 11.2 Å². The lowest BCUT2D eigenvalue weighted by molar-refractivity contribution is -0.192. The van der Waals surface area contributed by atoms with Gasteiger partial charge in [-0.2, -0.15) is 0 Å². The number of imidazole rings is 1. The summed E-state index contributed by atoms with van der Waals surface area (Å²) in [4.78, 5) is 12.4. The topological polar surface area (TPSA) is 137 Å². The summed E-state index contributed by atoms with van der Waals surface area (Å²) in [6.45, 7) is 5.44. The summed E-state index contributed by atoms with van der Waals surface area (Å²) in [5.74, 6) is 0.182. The van der Waals surface area contributed by atoms with Gasteiger partial charge in [-0.05, 0) is 27.7 Å². The smallest absolute Gasteiger partial charge is 0.183 e. The summed E-state index contributed by atoms with van der Waals surface area (Å²) in [6, 6.07) is 0. The third-order valence-electron chi connectivity index (χ3n) is 5.69. The zero-order valence-electron chi connectivity index (χ0n) is 14.8. The first kappa shape index (κ1) is 18.0. The van der Waals surface area contributed by atoms with E-state index in [0.717, 1.165) is 5.06 Å². The molecule has 1 unspecified atom stereocenters. The lowest BCUT2D eigenvalue weighted by atomic mass is 9.73. The second kappa shape index (κ2) is 5.08. The van der Waals surface area contributed by atoms with Crippen molar-refractivity contribution < 1.29 is 25.3 Å². The molecule has 0 amide bonds. The average Bonchev–Trinajstić information content (AvgIpc) is 3.01. The van der Waals surface area contributed by atoms with Crippen molar-refractivity contribution in [1.82, 2.24) is 19.5 Å². The van der Waals surface area contributed by atoms with Gasteiger partial charge in [0.25, 0.3) is 0 Å². The monoisotopic (exact) mass is 353 g/mol. The SMILES string of the molecule is CN(O)c1ncnc2c1ncn2[C@]1(C)O[C@](C)(CO)C(C)(O)[C@]1(C)O. The van der Waals surface area contributed by atoms with E-state index in [1.807, 2.05) is 0 Å². The molecule has 3 rings (SSSR count). The van der Waals surface area contributed by atoms with Crippen LogP contribution >= 0.6 is 0 Å². The molecule has 0 bridgehead atoms. The van der Waals surface area contributed by atoms with E-state index in [4.69, 9.17) is 4.74 Å². The van der Waals surface area contributed by atoms with E-state index in [1.165, 1.54) is 45.0 Å². The number of hydrogen-bond donors (Lipinski definition) is 4. The standard InChI is InChI=1S/C15H23N5O5/c1-12(6-21)13(2,22)14(3,23)15(4,25-12)20-8-18-9-10(19(5)24)16-7-17-11(9)20/h7-8,21-24H,6H2,1-5H3/t12-,13?,14+,15-/m1/s1. The Morgan fingerprint density at radius 3 is 2.28 bits per heavy atom. The fourth-order valence-corrected chi connectivity index (χ4v) is 3.45. The highest BCUT2D eigenvalue weighted by Gasteiger charge is 2.72. The molecular weight excluding hydrogens is 330 g/mol.